The molecule has 0 saturated carbocycles. The molecule has 2 rings (SSSR count). The number of fused-ring (bicyclic) bond motifs is 1. The fourth-order valence-corrected chi connectivity index (χ4v) is 1.29. The minimum Gasteiger partial charge on any atom is -0.392 e. The number of anilines is 1. The first-order chi connectivity index (χ1) is 9.81. The first kappa shape index (κ1) is 17.0. The molecule has 0 aliphatic heterocycles. The maximum absolute atomic E-state index is 9.19. The van der Waals surface area contributed by atoms with Crippen molar-refractivity contribution in [1.82, 2.24) is 19.9 Å². The molecule has 0 bridgehead atoms. The summed E-state index contributed by atoms with van der Waals surface area (Å²) in [6.07, 6.45) is 5.67. The molecule has 2 aromatic rings. The maximum atomic E-state index is 9.19. The molecule has 2 aromatic heterocycles. The molecule has 116 valence electrons. The van der Waals surface area contributed by atoms with E-state index < -0.39 is 10.1 Å². The number of imidazole rings is 1. The van der Waals surface area contributed by atoms with Gasteiger partial charge in [-0.25, -0.2) is 15.0 Å². The Kier molecular flexibility index (Phi) is 6.21. The van der Waals surface area contributed by atoms with Gasteiger partial charge in [-0.2, -0.15) is 8.42 Å². The lowest BCUT2D eigenvalue weighted by Crippen LogP contribution is -2.03. The second-order valence-electron chi connectivity index (χ2n) is 4.15. The summed E-state index contributed by atoms with van der Waals surface area (Å²) in [6.45, 7) is 2.55. The van der Waals surface area contributed by atoms with Gasteiger partial charge in [0.2, 0.25) is 0 Å². The van der Waals surface area contributed by atoms with Crippen LogP contribution in [0.1, 0.15) is 6.92 Å². The van der Waals surface area contributed by atoms with E-state index >= 15 is 0 Å². The van der Waals surface area contributed by atoms with E-state index in [1.807, 2.05) is 13.0 Å². The summed E-state index contributed by atoms with van der Waals surface area (Å²) < 4.78 is 25.9. The zero-order valence-electron chi connectivity index (χ0n) is 11.6. The Balaban J connectivity index is 0.000000383. The van der Waals surface area contributed by atoms with Crippen molar-refractivity contribution in [3.8, 4) is 0 Å². The van der Waals surface area contributed by atoms with E-state index in [0.29, 0.717) is 24.3 Å². The summed E-state index contributed by atoms with van der Waals surface area (Å²) in [7, 11) is -3.67. The lowest BCUT2D eigenvalue weighted by Gasteiger charge is -2.03. The second kappa shape index (κ2) is 7.67. The zero-order valence-corrected chi connectivity index (χ0v) is 12.4. The maximum Gasteiger partial charge on any atom is 0.261 e. The molecule has 0 unspecified atom stereocenters. The average molecular weight is 315 g/mol. The van der Waals surface area contributed by atoms with Crippen molar-refractivity contribution < 1.29 is 18.1 Å². The molecular formula is C11H17N5O4S. The molecule has 21 heavy (non-hydrogen) atoms. The Labute approximate surface area is 121 Å². The number of hydrogen-bond acceptors (Lipinski definition) is 7. The topological polar surface area (TPSA) is 141 Å². The standard InChI is InChI=1S/C10H13N5O.CH4O3S/c1-7(4-16)2-3-11-9-8-10(13-5-12-8)15-6-14-9;1-5(2,3)4/h2,5-6,16H,3-4H2,1H3,(H2,11,12,13,14,15);1H3,(H,2,3,4). The van der Waals surface area contributed by atoms with Gasteiger partial charge in [-0.05, 0) is 6.92 Å². The first-order valence-corrected chi connectivity index (χ1v) is 7.73. The lowest BCUT2D eigenvalue weighted by atomic mass is 10.3. The van der Waals surface area contributed by atoms with Gasteiger partial charge in [0.1, 0.15) is 11.8 Å². The average Bonchev–Trinajstić information content (AvgIpc) is 2.85. The van der Waals surface area contributed by atoms with Crippen LogP contribution in [0.5, 0.6) is 0 Å². The van der Waals surface area contributed by atoms with Crippen LogP contribution in [-0.4, -0.2) is 57.4 Å². The third-order valence-corrected chi connectivity index (χ3v) is 2.19. The molecular weight excluding hydrogens is 298 g/mol. The van der Waals surface area contributed by atoms with E-state index in [-0.39, 0.29) is 6.61 Å². The van der Waals surface area contributed by atoms with Crippen molar-refractivity contribution in [2.75, 3.05) is 24.7 Å². The van der Waals surface area contributed by atoms with E-state index in [2.05, 4.69) is 25.3 Å². The molecule has 2 heterocycles. The highest BCUT2D eigenvalue weighted by atomic mass is 32.2. The summed E-state index contributed by atoms with van der Waals surface area (Å²) in [6, 6.07) is 0. The van der Waals surface area contributed by atoms with Crippen molar-refractivity contribution >= 4 is 27.1 Å². The van der Waals surface area contributed by atoms with Crippen molar-refractivity contribution in [1.29, 1.82) is 0 Å². The van der Waals surface area contributed by atoms with Crippen molar-refractivity contribution in [2.45, 2.75) is 6.92 Å². The fourth-order valence-electron chi connectivity index (χ4n) is 1.29. The number of aliphatic hydroxyl groups is 1. The minimum atomic E-state index is -3.67. The molecule has 0 amide bonds. The molecule has 0 radical (unpaired) electrons. The Morgan fingerprint density at radius 3 is 2.71 bits per heavy atom. The van der Waals surface area contributed by atoms with Crippen LogP contribution < -0.4 is 5.32 Å². The molecule has 0 saturated heterocycles. The van der Waals surface area contributed by atoms with Crippen LogP contribution in [0, 0.1) is 0 Å². The number of nitrogens with zero attached hydrogens (tertiary/aromatic N) is 3. The van der Waals surface area contributed by atoms with E-state index in [9.17, 15) is 8.42 Å². The number of hydrogen-bond donors (Lipinski definition) is 4. The predicted octanol–water partition coefficient (Wildman–Crippen LogP) is 0.207. The van der Waals surface area contributed by atoms with Gasteiger partial charge in [0.25, 0.3) is 10.1 Å². The van der Waals surface area contributed by atoms with Gasteiger partial charge in [-0.1, -0.05) is 11.6 Å². The van der Waals surface area contributed by atoms with Gasteiger partial charge >= 0.3 is 0 Å². The SMILES string of the molecule is CC(=CCNc1ncnc2nc[nH]c12)CO.CS(=O)(=O)O. The largest absolute Gasteiger partial charge is 0.392 e. The fraction of sp³-hybridized carbons (Fsp3) is 0.364. The normalized spacial score (nSPS) is 11.9. The van der Waals surface area contributed by atoms with Crippen LogP contribution in [0.25, 0.3) is 11.2 Å². The van der Waals surface area contributed by atoms with Crippen LogP contribution in [0.15, 0.2) is 24.3 Å². The van der Waals surface area contributed by atoms with Gasteiger partial charge < -0.3 is 15.4 Å². The van der Waals surface area contributed by atoms with Gasteiger partial charge in [0, 0.05) is 6.54 Å². The molecule has 10 heteroatoms. The van der Waals surface area contributed by atoms with E-state index in [1.165, 1.54) is 6.33 Å². The Bertz CT molecular complexity index is 702. The number of rotatable bonds is 4. The molecule has 0 atom stereocenters. The van der Waals surface area contributed by atoms with E-state index in [0.717, 1.165) is 11.1 Å². The molecule has 0 aliphatic rings. The van der Waals surface area contributed by atoms with Crippen LogP contribution in [0.2, 0.25) is 0 Å². The Morgan fingerprint density at radius 2 is 2.10 bits per heavy atom. The quantitative estimate of drug-likeness (QED) is 0.463. The van der Waals surface area contributed by atoms with Crippen LogP contribution in [-0.2, 0) is 10.1 Å². The van der Waals surface area contributed by atoms with Crippen LogP contribution >= 0.6 is 0 Å². The van der Waals surface area contributed by atoms with Gasteiger partial charge in [-0.15, -0.1) is 0 Å². The minimum absolute atomic E-state index is 0.0743. The lowest BCUT2D eigenvalue weighted by molar-refractivity contribution is 0.331. The highest BCUT2D eigenvalue weighted by Crippen LogP contribution is 2.13. The van der Waals surface area contributed by atoms with Crippen LogP contribution in [0.3, 0.4) is 0 Å². The smallest absolute Gasteiger partial charge is 0.261 e. The number of aliphatic hydroxyl groups excluding tert-OH is 1. The number of H-pyrrole nitrogens is 1. The predicted molar refractivity (Wildman–Crippen MR) is 78.5 cm³/mol. The van der Waals surface area contributed by atoms with Crippen molar-refractivity contribution in [2.24, 2.45) is 0 Å². The molecule has 0 spiro atoms. The number of aromatic nitrogens is 4. The second-order valence-corrected chi connectivity index (χ2v) is 5.61. The summed E-state index contributed by atoms with van der Waals surface area (Å²) in [4.78, 5) is 15.1. The summed E-state index contributed by atoms with van der Waals surface area (Å²) in [5, 5.41) is 12.0. The molecule has 0 aromatic carbocycles. The number of aromatic amines is 1. The zero-order chi connectivity index (χ0) is 15.9. The third kappa shape index (κ3) is 6.79. The summed E-state index contributed by atoms with van der Waals surface area (Å²) in [5.74, 6) is 0.712. The summed E-state index contributed by atoms with van der Waals surface area (Å²) >= 11 is 0. The number of nitrogens with one attached hydrogen (secondary N) is 2. The van der Waals surface area contributed by atoms with Crippen molar-refractivity contribution in [3.63, 3.8) is 0 Å². The highest BCUT2D eigenvalue weighted by Gasteiger charge is 2.03. The first-order valence-electron chi connectivity index (χ1n) is 5.88. The summed E-state index contributed by atoms with van der Waals surface area (Å²) in [5.41, 5.74) is 2.35. The van der Waals surface area contributed by atoms with Gasteiger partial charge in [0.05, 0.1) is 19.2 Å². The monoisotopic (exact) mass is 315 g/mol. The Hall–Kier alpha value is -2.04. The van der Waals surface area contributed by atoms with Gasteiger partial charge in [-0.3, -0.25) is 4.55 Å². The third-order valence-electron chi connectivity index (χ3n) is 2.19. The molecule has 0 aliphatic carbocycles. The van der Waals surface area contributed by atoms with Crippen molar-refractivity contribution in [3.05, 3.63) is 24.3 Å². The van der Waals surface area contributed by atoms with Gasteiger partial charge in [0.15, 0.2) is 11.5 Å². The molecule has 4 N–H and O–H groups in total. The van der Waals surface area contributed by atoms with E-state index in [1.54, 1.807) is 6.33 Å². The molecule has 9 nitrogen and oxygen atoms in total. The van der Waals surface area contributed by atoms with E-state index in [4.69, 9.17) is 9.66 Å². The van der Waals surface area contributed by atoms with Crippen LogP contribution in [0.4, 0.5) is 5.82 Å². The highest BCUT2D eigenvalue weighted by molar-refractivity contribution is 7.85. The molecule has 0 fully saturated rings. The Morgan fingerprint density at radius 1 is 1.43 bits per heavy atom.